The maximum atomic E-state index is 13.4. The predicted molar refractivity (Wildman–Crippen MR) is 90.6 cm³/mol. The number of rotatable bonds is 6. The number of methoxy groups -OCH3 is 1. The number of pyridine rings is 1. The van der Waals surface area contributed by atoms with Crippen LogP contribution in [0.2, 0.25) is 0 Å². The Morgan fingerprint density at radius 3 is 2.65 bits per heavy atom. The number of nitrogens with zero attached hydrogens (tertiary/aromatic N) is 2. The van der Waals surface area contributed by atoms with E-state index < -0.39 is 17.3 Å². The van der Waals surface area contributed by atoms with Gasteiger partial charge in [0.15, 0.2) is 5.65 Å². The summed E-state index contributed by atoms with van der Waals surface area (Å²) in [5, 5.41) is 2.62. The quantitative estimate of drug-likeness (QED) is 0.650. The Kier molecular flexibility index (Phi) is 5.08. The van der Waals surface area contributed by atoms with Gasteiger partial charge in [-0.1, -0.05) is 0 Å². The Labute approximate surface area is 146 Å². The highest BCUT2D eigenvalue weighted by Crippen LogP contribution is 2.23. The van der Waals surface area contributed by atoms with E-state index in [2.05, 4.69) is 15.3 Å². The molecule has 0 unspecified atom stereocenters. The molecule has 3 rings (SSSR count). The van der Waals surface area contributed by atoms with Gasteiger partial charge in [-0.2, -0.15) is 0 Å². The number of imidazole rings is 1. The molecule has 0 atom stereocenters. The second kappa shape index (κ2) is 7.44. The summed E-state index contributed by atoms with van der Waals surface area (Å²) in [4.78, 5) is 30.7. The average Bonchev–Trinajstić information content (AvgIpc) is 2.89. The lowest BCUT2D eigenvalue weighted by molar-refractivity contribution is -0.121. The molecular formula is C17H16F2N4O3. The van der Waals surface area contributed by atoms with Crippen LogP contribution >= 0.6 is 0 Å². The highest BCUT2D eigenvalue weighted by molar-refractivity contribution is 5.81. The first kappa shape index (κ1) is 17.7. The predicted octanol–water partition coefficient (Wildman–Crippen LogP) is 1.43. The van der Waals surface area contributed by atoms with Crippen molar-refractivity contribution in [2.24, 2.45) is 0 Å². The van der Waals surface area contributed by atoms with Gasteiger partial charge < -0.3 is 10.1 Å². The number of ether oxygens (including phenoxy) is 1. The lowest BCUT2D eigenvalue weighted by Crippen LogP contribution is -2.33. The largest absolute Gasteiger partial charge is 0.383 e. The van der Waals surface area contributed by atoms with E-state index in [0.717, 1.165) is 6.07 Å². The molecule has 1 aromatic carbocycles. The standard InChI is InChI=1S/C17H16F2N4O3/c1-26-3-2-20-15(24)9-23-14-6-11(8-21-16(14)22-17(23)25)10-4-12(18)7-13(19)5-10/h4-8H,2-3,9H2,1H3,(H,20,24)(H,21,22,25). The Balaban J connectivity index is 1.96. The zero-order valence-electron chi connectivity index (χ0n) is 13.9. The van der Waals surface area contributed by atoms with Crippen molar-refractivity contribution in [1.82, 2.24) is 19.9 Å². The van der Waals surface area contributed by atoms with Crippen molar-refractivity contribution in [2.45, 2.75) is 6.54 Å². The Hall–Kier alpha value is -3.07. The monoisotopic (exact) mass is 362 g/mol. The van der Waals surface area contributed by atoms with Crippen LogP contribution in [0.5, 0.6) is 0 Å². The summed E-state index contributed by atoms with van der Waals surface area (Å²) < 4.78 is 32.9. The van der Waals surface area contributed by atoms with Crippen LogP contribution in [0.1, 0.15) is 0 Å². The van der Waals surface area contributed by atoms with Gasteiger partial charge >= 0.3 is 5.69 Å². The second-order valence-electron chi connectivity index (χ2n) is 5.61. The second-order valence-corrected chi connectivity index (χ2v) is 5.61. The van der Waals surface area contributed by atoms with Crippen LogP contribution in [0, 0.1) is 11.6 Å². The van der Waals surface area contributed by atoms with Crippen LogP contribution in [0.4, 0.5) is 8.78 Å². The van der Waals surface area contributed by atoms with Gasteiger partial charge in [0, 0.05) is 31.5 Å². The first-order chi connectivity index (χ1) is 12.5. The molecule has 0 saturated carbocycles. The van der Waals surface area contributed by atoms with Gasteiger partial charge in [0.2, 0.25) is 5.91 Å². The molecule has 0 saturated heterocycles. The van der Waals surface area contributed by atoms with E-state index >= 15 is 0 Å². The topological polar surface area (TPSA) is 89.0 Å². The van der Waals surface area contributed by atoms with E-state index in [9.17, 15) is 18.4 Å². The molecule has 2 N–H and O–H groups in total. The average molecular weight is 362 g/mol. The number of aromatic nitrogens is 3. The van der Waals surface area contributed by atoms with Gasteiger partial charge in [-0.25, -0.2) is 18.6 Å². The number of halogens is 2. The van der Waals surface area contributed by atoms with E-state index in [1.807, 2.05) is 0 Å². The third kappa shape index (κ3) is 3.77. The first-order valence-corrected chi connectivity index (χ1v) is 7.78. The zero-order chi connectivity index (χ0) is 18.7. The third-order valence-corrected chi connectivity index (χ3v) is 3.75. The smallest absolute Gasteiger partial charge is 0.328 e. The fourth-order valence-electron chi connectivity index (χ4n) is 2.56. The number of carbonyl (C=O) groups excluding carboxylic acids is 1. The molecule has 2 heterocycles. The third-order valence-electron chi connectivity index (χ3n) is 3.75. The lowest BCUT2D eigenvalue weighted by Gasteiger charge is -2.07. The molecule has 2 aromatic heterocycles. The van der Waals surface area contributed by atoms with Crippen LogP contribution in [0.3, 0.4) is 0 Å². The Morgan fingerprint density at radius 1 is 1.23 bits per heavy atom. The molecule has 26 heavy (non-hydrogen) atoms. The van der Waals surface area contributed by atoms with Crippen molar-refractivity contribution in [3.05, 3.63) is 52.6 Å². The highest BCUT2D eigenvalue weighted by atomic mass is 19.1. The van der Waals surface area contributed by atoms with Crippen molar-refractivity contribution in [1.29, 1.82) is 0 Å². The molecule has 3 aromatic rings. The Bertz CT molecular complexity index is 993. The summed E-state index contributed by atoms with van der Waals surface area (Å²) in [5.41, 5.74) is 0.835. The van der Waals surface area contributed by atoms with Crippen LogP contribution in [-0.4, -0.2) is 40.7 Å². The molecular weight excluding hydrogens is 346 g/mol. The highest BCUT2D eigenvalue weighted by Gasteiger charge is 2.13. The maximum Gasteiger partial charge on any atom is 0.328 e. The van der Waals surface area contributed by atoms with Crippen molar-refractivity contribution in [3.63, 3.8) is 0 Å². The zero-order valence-corrected chi connectivity index (χ0v) is 13.9. The molecule has 0 radical (unpaired) electrons. The maximum absolute atomic E-state index is 13.4. The fourth-order valence-corrected chi connectivity index (χ4v) is 2.56. The van der Waals surface area contributed by atoms with Gasteiger partial charge in [0.05, 0.1) is 12.1 Å². The van der Waals surface area contributed by atoms with Crippen molar-refractivity contribution in [3.8, 4) is 11.1 Å². The number of nitrogens with one attached hydrogen (secondary N) is 2. The summed E-state index contributed by atoms with van der Waals surface area (Å²) >= 11 is 0. The SMILES string of the molecule is COCCNC(=O)Cn1c(=O)[nH]c2ncc(-c3cc(F)cc(F)c3)cc21. The van der Waals surface area contributed by atoms with Crippen molar-refractivity contribution >= 4 is 17.1 Å². The number of fused-ring (bicyclic) bond motifs is 1. The van der Waals surface area contributed by atoms with E-state index in [0.29, 0.717) is 24.2 Å². The number of carbonyl (C=O) groups is 1. The van der Waals surface area contributed by atoms with Crippen LogP contribution in [0.25, 0.3) is 22.3 Å². The lowest BCUT2D eigenvalue weighted by atomic mass is 10.1. The van der Waals surface area contributed by atoms with Gasteiger partial charge in [-0.15, -0.1) is 0 Å². The minimum Gasteiger partial charge on any atom is -0.383 e. The molecule has 7 nitrogen and oxygen atoms in total. The number of hydrogen-bond acceptors (Lipinski definition) is 4. The van der Waals surface area contributed by atoms with Crippen LogP contribution in [0.15, 0.2) is 35.3 Å². The number of benzene rings is 1. The molecule has 0 fully saturated rings. The molecule has 1 amide bonds. The van der Waals surface area contributed by atoms with Crippen molar-refractivity contribution in [2.75, 3.05) is 20.3 Å². The summed E-state index contributed by atoms with van der Waals surface area (Å²) in [6.45, 7) is 0.453. The normalized spacial score (nSPS) is 11.0. The van der Waals surface area contributed by atoms with Gasteiger partial charge in [0.25, 0.3) is 0 Å². The molecule has 0 aliphatic rings. The molecule has 0 spiro atoms. The minimum atomic E-state index is -0.718. The minimum absolute atomic E-state index is 0.217. The van der Waals surface area contributed by atoms with Gasteiger partial charge in [0.1, 0.15) is 18.2 Å². The van der Waals surface area contributed by atoms with E-state index in [1.165, 1.54) is 30.0 Å². The number of amides is 1. The molecule has 0 aliphatic carbocycles. The summed E-state index contributed by atoms with van der Waals surface area (Å²) in [6.07, 6.45) is 1.40. The van der Waals surface area contributed by atoms with E-state index in [4.69, 9.17) is 4.74 Å². The molecule has 0 bridgehead atoms. The molecule has 9 heteroatoms. The molecule has 0 aliphatic heterocycles. The van der Waals surface area contributed by atoms with Crippen LogP contribution < -0.4 is 11.0 Å². The van der Waals surface area contributed by atoms with E-state index in [-0.39, 0.29) is 23.7 Å². The summed E-state index contributed by atoms with van der Waals surface area (Å²) in [7, 11) is 1.51. The first-order valence-electron chi connectivity index (χ1n) is 7.78. The molecule has 136 valence electrons. The van der Waals surface area contributed by atoms with Gasteiger partial charge in [-0.05, 0) is 23.8 Å². The van der Waals surface area contributed by atoms with E-state index in [1.54, 1.807) is 6.07 Å². The van der Waals surface area contributed by atoms with Crippen LogP contribution in [-0.2, 0) is 16.1 Å². The summed E-state index contributed by atoms with van der Waals surface area (Å²) in [5.74, 6) is -1.81. The Morgan fingerprint density at radius 2 is 1.96 bits per heavy atom. The number of aromatic amines is 1. The number of H-pyrrole nitrogens is 1. The number of hydrogen-bond donors (Lipinski definition) is 2. The fraction of sp³-hybridized carbons (Fsp3) is 0.235. The summed E-state index contributed by atoms with van der Waals surface area (Å²) in [6, 6.07) is 4.65. The van der Waals surface area contributed by atoms with Gasteiger partial charge in [-0.3, -0.25) is 14.3 Å². The van der Waals surface area contributed by atoms with Crippen molar-refractivity contribution < 1.29 is 18.3 Å².